The molecule has 1 fully saturated rings. The van der Waals surface area contributed by atoms with Crippen LogP contribution in [0.5, 0.6) is 0 Å². The van der Waals surface area contributed by atoms with Gasteiger partial charge in [0.1, 0.15) is 10.7 Å². The highest BCUT2D eigenvalue weighted by molar-refractivity contribution is 9.10. The maximum absolute atomic E-state index is 13.0. The number of carbonyl (C=O) groups is 2. The lowest BCUT2D eigenvalue weighted by atomic mass is 9.97. The summed E-state index contributed by atoms with van der Waals surface area (Å²) in [6.07, 6.45) is 3.22. The molecule has 2 aromatic rings. The summed E-state index contributed by atoms with van der Waals surface area (Å²) in [6.45, 7) is 7.12. The van der Waals surface area contributed by atoms with Gasteiger partial charge in [-0.05, 0) is 47.8 Å². The Balaban J connectivity index is 1.67. The van der Waals surface area contributed by atoms with Crippen LogP contribution in [0.25, 0.3) is 0 Å². The van der Waals surface area contributed by atoms with Crippen LogP contribution in [-0.2, 0) is 4.79 Å². The number of carbonyl (C=O) groups excluding carboxylic acids is 2. The van der Waals surface area contributed by atoms with Crippen LogP contribution in [0.1, 0.15) is 53.0 Å². The third kappa shape index (κ3) is 4.73. The van der Waals surface area contributed by atoms with E-state index in [1.54, 1.807) is 17.2 Å². The lowest BCUT2D eigenvalue weighted by molar-refractivity contribution is -0.121. The fourth-order valence-corrected chi connectivity index (χ4v) is 4.33. The molecule has 0 aliphatic carbocycles. The zero-order chi connectivity index (χ0) is 19.6. The van der Waals surface area contributed by atoms with E-state index in [1.807, 2.05) is 13.0 Å². The number of aryl methyl sites for hydroxylation is 1. The van der Waals surface area contributed by atoms with E-state index < -0.39 is 0 Å². The van der Waals surface area contributed by atoms with Gasteiger partial charge in [0.2, 0.25) is 5.91 Å². The van der Waals surface area contributed by atoms with E-state index in [1.165, 1.54) is 11.3 Å². The molecular formula is C19H23BrN4O2S. The molecule has 27 heavy (non-hydrogen) atoms. The van der Waals surface area contributed by atoms with E-state index >= 15 is 0 Å². The standard InChI is InChI=1S/C19H23BrN4O2S/c1-11(2)18-22-12(3)16(27-18)19(26)24-8-4-5-13(10-24)17(25)23-15-7-6-14(20)9-21-15/h6-7,9,11,13H,4-5,8,10H2,1-3H3,(H,21,23,25). The average Bonchev–Trinajstić information content (AvgIpc) is 3.05. The molecule has 2 amide bonds. The molecule has 8 heteroatoms. The molecule has 1 unspecified atom stereocenters. The van der Waals surface area contributed by atoms with Gasteiger partial charge in [-0.1, -0.05) is 13.8 Å². The third-order valence-electron chi connectivity index (χ3n) is 4.56. The maximum atomic E-state index is 13.0. The van der Waals surface area contributed by atoms with Crippen LogP contribution in [0.4, 0.5) is 5.82 Å². The summed E-state index contributed by atoms with van der Waals surface area (Å²) in [5, 5.41) is 3.83. The zero-order valence-corrected chi connectivity index (χ0v) is 18.1. The number of aromatic nitrogens is 2. The van der Waals surface area contributed by atoms with Crippen LogP contribution in [0.3, 0.4) is 0 Å². The minimum Gasteiger partial charge on any atom is -0.337 e. The molecule has 144 valence electrons. The van der Waals surface area contributed by atoms with Gasteiger partial charge in [0.05, 0.1) is 16.6 Å². The van der Waals surface area contributed by atoms with Crippen molar-refractivity contribution in [3.8, 4) is 0 Å². The molecule has 0 radical (unpaired) electrons. The van der Waals surface area contributed by atoms with Crippen molar-refractivity contribution in [2.24, 2.45) is 5.92 Å². The summed E-state index contributed by atoms with van der Waals surface area (Å²) in [5.41, 5.74) is 0.777. The maximum Gasteiger partial charge on any atom is 0.265 e. The number of piperidine rings is 1. The quantitative estimate of drug-likeness (QED) is 0.755. The first-order valence-corrected chi connectivity index (χ1v) is 10.6. The smallest absolute Gasteiger partial charge is 0.265 e. The van der Waals surface area contributed by atoms with E-state index in [2.05, 4.69) is 45.1 Å². The molecule has 3 rings (SSSR count). The molecule has 1 atom stereocenters. The number of nitrogens with zero attached hydrogens (tertiary/aromatic N) is 3. The molecule has 2 aromatic heterocycles. The lowest BCUT2D eigenvalue weighted by Crippen LogP contribution is -2.43. The minimum atomic E-state index is -0.231. The van der Waals surface area contributed by atoms with E-state index in [9.17, 15) is 9.59 Å². The topological polar surface area (TPSA) is 75.2 Å². The summed E-state index contributed by atoms with van der Waals surface area (Å²) in [6, 6.07) is 3.58. The van der Waals surface area contributed by atoms with E-state index in [4.69, 9.17) is 0 Å². The van der Waals surface area contributed by atoms with Gasteiger partial charge in [-0.15, -0.1) is 11.3 Å². The monoisotopic (exact) mass is 450 g/mol. The van der Waals surface area contributed by atoms with Crippen molar-refractivity contribution < 1.29 is 9.59 Å². The third-order valence-corrected chi connectivity index (χ3v) is 6.47. The molecule has 3 heterocycles. The normalized spacial score (nSPS) is 17.2. The molecule has 0 saturated carbocycles. The largest absolute Gasteiger partial charge is 0.337 e. The lowest BCUT2D eigenvalue weighted by Gasteiger charge is -2.31. The average molecular weight is 451 g/mol. The molecule has 0 bridgehead atoms. The first kappa shape index (κ1) is 19.9. The minimum absolute atomic E-state index is 0.0174. The van der Waals surface area contributed by atoms with Crippen LogP contribution >= 0.6 is 27.3 Å². The molecule has 0 aromatic carbocycles. The predicted octanol–water partition coefficient (Wildman–Crippen LogP) is 4.22. The number of likely N-dealkylation sites (tertiary alicyclic amines) is 1. The van der Waals surface area contributed by atoms with Gasteiger partial charge in [0, 0.05) is 29.7 Å². The fourth-order valence-electron chi connectivity index (χ4n) is 3.06. The summed E-state index contributed by atoms with van der Waals surface area (Å²) >= 11 is 4.79. The number of amides is 2. The van der Waals surface area contributed by atoms with Gasteiger partial charge in [-0.3, -0.25) is 9.59 Å². The van der Waals surface area contributed by atoms with Gasteiger partial charge in [0.15, 0.2) is 0 Å². The van der Waals surface area contributed by atoms with Crippen molar-refractivity contribution in [1.82, 2.24) is 14.9 Å². The van der Waals surface area contributed by atoms with Gasteiger partial charge >= 0.3 is 0 Å². The Bertz CT molecular complexity index is 835. The van der Waals surface area contributed by atoms with Crippen LogP contribution in [-0.4, -0.2) is 39.8 Å². The SMILES string of the molecule is Cc1nc(C(C)C)sc1C(=O)N1CCCC(C(=O)Nc2ccc(Br)cn2)C1. The summed E-state index contributed by atoms with van der Waals surface area (Å²) < 4.78 is 0.857. The Hall–Kier alpha value is -1.80. The number of thiazole rings is 1. The van der Waals surface area contributed by atoms with E-state index in [0.717, 1.165) is 28.0 Å². The second-order valence-corrected chi connectivity index (χ2v) is 9.01. The fraction of sp³-hybridized carbons (Fsp3) is 0.474. The van der Waals surface area contributed by atoms with Crippen LogP contribution in [0.15, 0.2) is 22.8 Å². The number of anilines is 1. The summed E-state index contributed by atoms with van der Waals surface area (Å²) in [4.78, 5) is 36.8. The Morgan fingerprint density at radius 2 is 2.15 bits per heavy atom. The van der Waals surface area contributed by atoms with Crippen molar-refractivity contribution >= 4 is 44.9 Å². The number of hydrogen-bond donors (Lipinski definition) is 1. The molecule has 1 aliphatic heterocycles. The predicted molar refractivity (Wildman–Crippen MR) is 110 cm³/mol. The highest BCUT2D eigenvalue weighted by Gasteiger charge is 2.31. The second kappa shape index (κ2) is 8.48. The Kier molecular flexibility index (Phi) is 6.26. The van der Waals surface area contributed by atoms with Crippen molar-refractivity contribution in [3.05, 3.63) is 38.4 Å². The van der Waals surface area contributed by atoms with Crippen LogP contribution < -0.4 is 5.32 Å². The van der Waals surface area contributed by atoms with Gasteiger partial charge < -0.3 is 10.2 Å². The first-order chi connectivity index (χ1) is 12.8. The van der Waals surface area contributed by atoms with Crippen LogP contribution in [0.2, 0.25) is 0 Å². The number of pyridine rings is 1. The molecule has 1 aliphatic rings. The van der Waals surface area contributed by atoms with Crippen molar-refractivity contribution in [2.45, 2.75) is 39.5 Å². The molecule has 0 spiro atoms. The summed E-state index contributed by atoms with van der Waals surface area (Å²) in [5.74, 6) is 0.480. The molecule has 1 saturated heterocycles. The van der Waals surface area contributed by atoms with Gasteiger partial charge in [-0.25, -0.2) is 9.97 Å². The molecular weight excluding hydrogens is 428 g/mol. The van der Waals surface area contributed by atoms with Gasteiger partial charge in [0.25, 0.3) is 5.91 Å². The Labute approximate surface area is 171 Å². The molecule has 1 N–H and O–H groups in total. The second-order valence-electron chi connectivity index (χ2n) is 7.06. The Morgan fingerprint density at radius 3 is 2.78 bits per heavy atom. The number of halogens is 1. The van der Waals surface area contributed by atoms with Crippen molar-refractivity contribution in [2.75, 3.05) is 18.4 Å². The van der Waals surface area contributed by atoms with Crippen molar-refractivity contribution in [3.63, 3.8) is 0 Å². The number of hydrogen-bond acceptors (Lipinski definition) is 5. The van der Waals surface area contributed by atoms with Crippen LogP contribution in [0, 0.1) is 12.8 Å². The number of nitrogens with one attached hydrogen (secondary N) is 1. The van der Waals surface area contributed by atoms with Gasteiger partial charge in [-0.2, -0.15) is 0 Å². The van der Waals surface area contributed by atoms with Crippen molar-refractivity contribution in [1.29, 1.82) is 0 Å². The Morgan fingerprint density at radius 1 is 1.37 bits per heavy atom. The molecule has 6 nitrogen and oxygen atoms in total. The summed E-state index contributed by atoms with van der Waals surface area (Å²) in [7, 11) is 0. The highest BCUT2D eigenvalue weighted by Crippen LogP contribution is 2.27. The van der Waals surface area contributed by atoms with E-state index in [-0.39, 0.29) is 17.7 Å². The first-order valence-electron chi connectivity index (χ1n) is 9.04. The number of rotatable bonds is 4. The van der Waals surface area contributed by atoms with E-state index in [0.29, 0.717) is 29.7 Å². The highest BCUT2D eigenvalue weighted by atomic mass is 79.9. The zero-order valence-electron chi connectivity index (χ0n) is 15.7.